The van der Waals surface area contributed by atoms with Gasteiger partial charge < -0.3 is 5.73 Å². The smallest absolute Gasteiger partial charge is 0.133 e. The fourth-order valence-corrected chi connectivity index (χ4v) is 2.08. The van der Waals surface area contributed by atoms with E-state index in [1.807, 2.05) is 24.3 Å². The quantitative estimate of drug-likeness (QED) is 0.811. The van der Waals surface area contributed by atoms with Crippen molar-refractivity contribution in [3.63, 3.8) is 0 Å². The summed E-state index contributed by atoms with van der Waals surface area (Å²) in [4.78, 5) is 4.40. The molecule has 3 heteroatoms. The van der Waals surface area contributed by atoms with E-state index in [9.17, 15) is 0 Å². The summed E-state index contributed by atoms with van der Waals surface area (Å²) < 4.78 is 0. The summed E-state index contributed by atoms with van der Waals surface area (Å²) in [5.41, 5.74) is 7.55. The van der Waals surface area contributed by atoms with E-state index in [1.165, 1.54) is 0 Å². The van der Waals surface area contributed by atoms with Crippen molar-refractivity contribution in [1.29, 1.82) is 0 Å². The number of nitrogens with zero attached hydrogens (tertiary/aromatic N) is 1. The number of benzene rings is 1. The topological polar surface area (TPSA) is 38.9 Å². The van der Waals surface area contributed by atoms with Gasteiger partial charge in [0.05, 0.1) is 5.52 Å². The maximum absolute atomic E-state index is 6.20. The van der Waals surface area contributed by atoms with Gasteiger partial charge in [0, 0.05) is 17.3 Å². The molecule has 2 rings (SSSR count). The molecule has 0 aliphatic carbocycles. The lowest BCUT2D eigenvalue weighted by atomic mass is 9.85. The first-order chi connectivity index (χ1) is 7.54. The third-order valence-corrected chi connectivity index (χ3v) is 3.21. The van der Waals surface area contributed by atoms with Crippen molar-refractivity contribution in [2.75, 3.05) is 6.54 Å². The van der Waals surface area contributed by atoms with E-state index in [0.717, 1.165) is 16.5 Å². The van der Waals surface area contributed by atoms with Crippen LogP contribution < -0.4 is 5.73 Å². The summed E-state index contributed by atoms with van der Waals surface area (Å²) in [6.07, 6.45) is 0. The van der Waals surface area contributed by atoms with Crippen LogP contribution in [0.5, 0.6) is 0 Å². The molecule has 0 fully saturated rings. The van der Waals surface area contributed by atoms with Gasteiger partial charge in [-0.15, -0.1) is 0 Å². The van der Waals surface area contributed by atoms with Gasteiger partial charge >= 0.3 is 0 Å². The van der Waals surface area contributed by atoms with E-state index in [2.05, 4.69) is 24.9 Å². The lowest BCUT2D eigenvalue weighted by Crippen LogP contribution is -2.28. The average molecular weight is 235 g/mol. The number of rotatable bonds is 2. The Morgan fingerprint density at radius 1 is 1.31 bits per heavy atom. The lowest BCUT2D eigenvalue weighted by Gasteiger charge is -2.24. The predicted octanol–water partition coefficient (Wildman–Crippen LogP) is 3.12. The van der Waals surface area contributed by atoms with Gasteiger partial charge in [0.2, 0.25) is 0 Å². The molecule has 0 saturated heterocycles. The van der Waals surface area contributed by atoms with Gasteiger partial charge in [-0.25, -0.2) is 4.98 Å². The number of para-hydroxylation sites is 1. The molecule has 0 radical (unpaired) electrons. The van der Waals surface area contributed by atoms with Crippen LogP contribution in [-0.2, 0) is 5.41 Å². The molecular weight excluding hydrogens is 220 g/mol. The fraction of sp³-hybridized carbons (Fsp3) is 0.308. The Balaban J connectivity index is 2.67. The van der Waals surface area contributed by atoms with Crippen molar-refractivity contribution in [2.24, 2.45) is 5.73 Å². The third kappa shape index (κ3) is 1.91. The van der Waals surface area contributed by atoms with Crippen LogP contribution in [0.15, 0.2) is 30.3 Å². The van der Waals surface area contributed by atoms with Crippen LogP contribution in [0.1, 0.15) is 19.4 Å². The highest BCUT2D eigenvalue weighted by Gasteiger charge is 2.22. The van der Waals surface area contributed by atoms with E-state index < -0.39 is 0 Å². The van der Waals surface area contributed by atoms with Crippen LogP contribution in [0.25, 0.3) is 10.9 Å². The van der Waals surface area contributed by atoms with Gasteiger partial charge in [-0.05, 0) is 17.7 Å². The molecule has 0 aliphatic rings. The molecule has 1 aromatic carbocycles. The Bertz CT molecular complexity index is 520. The summed E-state index contributed by atoms with van der Waals surface area (Å²) in [5, 5.41) is 1.65. The number of aromatic nitrogens is 1. The van der Waals surface area contributed by atoms with Crippen molar-refractivity contribution in [1.82, 2.24) is 4.98 Å². The first kappa shape index (κ1) is 11.4. The molecular formula is C13H15ClN2. The molecule has 2 nitrogen and oxygen atoms in total. The zero-order valence-electron chi connectivity index (χ0n) is 9.50. The normalized spacial score (nSPS) is 12.0. The van der Waals surface area contributed by atoms with Crippen LogP contribution in [0.2, 0.25) is 5.15 Å². The van der Waals surface area contributed by atoms with Crippen molar-refractivity contribution in [2.45, 2.75) is 19.3 Å². The van der Waals surface area contributed by atoms with Crippen LogP contribution in [-0.4, -0.2) is 11.5 Å². The average Bonchev–Trinajstić information content (AvgIpc) is 2.28. The van der Waals surface area contributed by atoms with E-state index in [0.29, 0.717) is 11.7 Å². The third-order valence-electron chi connectivity index (χ3n) is 2.92. The highest BCUT2D eigenvalue weighted by Crippen LogP contribution is 2.30. The highest BCUT2D eigenvalue weighted by atomic mass is 35.5. The van der Waals surface area contributed by atoms with Gasteiger partial charge in [0.15, 0.2) is 0 Å². The Hall–Kier alpha value is -1.12. The molecule has 0 atom stereocenters. The van der Waals surface area contributed by atoms with Gasteiger partial charge in [0.1, 0.15) is 5.15 Å². The monoisotopic (exact) mass is 234 g/mol. The number of nitrogens with two attached hydrogens (primary N) is 1. The summed E-state index contributed by atoms with van der Waals surface area (Å²) in [7, 11) is 0. The highest BCUT2D eigenvalue weighted by molar-refractivity contribution is 6.30. The van der Waals surface area contributed by atoms with E-state index in [-0.39, 0.29) is 5.41 Å². The molecule has 2 N–H and O–H groups in total. The number of fused-ring (bicyclic) bond motifs is 1. The zero-order chi connectivity index (χ0) is 11.8. The summed E-state index contributed by atoms with van der Waals surface area (Å²) in [5.74, 6) is 0. The van der Waals surface area contributed by atoms with Crippen molar-refractivity contribution in [3.05, 3.63) is 41.0 Å². The predicted molar refractivity (Wildman–Crippen MR) is 68.8 cm³/mol. The number of pyridine rings is 1. The van der Waals surface area contributed by atoms with Gasteiger partial charge in [-0.1, -0.05) is 43.6 Å². The Morgan fingerprint density at radius 2 is 2.00 bits per heavy atom. The summed E-state index contributed by atoms with van der Waals surface area (Å²) >= 11 is 6.20. The molecule has 0 spiro atoms. The summed E-state index contributed by atoms with van der Waals surface area (Å²) in [6, 6.07) is 10.0. The van der Waals surface area contributed by atoms with Crippen molar-refractivity contribution in [3.8, 4) is 0 Å². The minimum absolute atomic E-state index is 0.145. The molecule has 0 unspecified atom stereocenters. The zero-order valence-corrected chi connectivity index (χ0v) is 10.3. The second-order valence-corrected chi connectivity index (χ2v) is 4.97. The molecule has 84 valence electrons. The number of halogens is 1. The Kier molecular flexibility index (Phi) is 2.87. The molecule has 2 aromatic rings. The SMILES string of the molecule is CC(C)(CN)c1cc2ccccc2nc1Cl. The van der Waals surface area contributed by atoms with Crippen molar-refractivity contribution < 1.29 is 0 Å². The second kappa shape index (κ2) is 4.04. The molecule has 1 heterocycles. The van der Waals surface area contributed by atoms with Crippen LogP contribution in [0, 0.1) is 0 Å². The molecule has 0 bridgehead atoms. The Labute approximate surface area is 100 Å². The van der Waals surface area contributed by atoms with Gasteiger partial charge in [-0.3, -0.25) is 0 Å². The molecule has 0 aliphatic heterocycles. The maximum atomic E-state index is 6.20. The molecule has 0 amide bonds. The Morgan fingerprint density at radius 3 is 2.69 bits per heavy atom. The molecule has 1 aromatic heterocycles. The number of hydrogen-bond donors (Lipinski definition) is 1. The van der Waals surface area contributed by atoms with Gasteiger partial charge in [0.25, 0.3) is 0 Å². The lowest BCUT2D eigenvalue weighted by molar-refractivity contribution is 0.538. The van der Waals surface area contributed by atoms with Crippen molar-refractivity contribution >= 4 is 22.5 Å². The number of hydrogen-bond acceptors (Lipinski definition) is 2. The first-order valence-corrected chi connectivity index (χ1v) is 5.68. The minimum Gasteiger partial charge on any atom is -0.330 e. The molecule has 0 saturated carbocycles. The first-order valence-electron chi connectivity index (χ1n) is 5.30. The van der Waals surface area contributed by atoms with E-state index in [4.69, 9.17) is 17.3 Å². The second-order valence-electron chi connectivity index (χ2n) is 4.61. The standard InChI is InChI=1S/C13H15ClN2/c1-13(2,8-15)10-7-9-5-3-4-6-11(9)16-12(10)14/h3-7H,8,15H2,1-2H3. The fourth-order valence-electron chi connectivity index (χ4n) is 1.68. The largest absolute Gasteiger partial charge is 0.330 e. The summed E-state index contributed by atoms with van der Waals surface area (Å²) in [6.45, 7) is 4.70. The molecule has 16 heavy (non-hydrogen) atoms. The van der Waals surface area contributed by atoms with E-state index in [1.54, 1.807) is 0 Å². The van der Waals surface area contributed by atoms with Crippen LogP contribution in [0.3, 0.4) is 0 Å². The van der Waals surface area contributed by atoms with Gasteiger partial charge in [-0.2, -0.15) is 0 Å². The maximum Gasteiger partial charge on any atom is 0.133 e. The van der Waals surface area contributed by atoms with Crippen LogP contribution in [0.4, 0.5) is 0 Å². The van der Waals surface area contributed by atoms with E-state index >= 15 is 0 Å². The minimum atomic E-state index is -0.145. The van der Waals surface area contributed by atoms with Crippen LogP contribution >= 0.6 is 11.6 Å².